The highest BCUT2D eigenvalue weighted by Crippen LogP contribution is 2.33. The van der Waals surface area contributed by atoms with E-state index in [0.717, 1.165) is 25.1 Å². The molecule has 2 aromatic rings. The molecule has 2 rings (SSSR count). The Kier molecular flexibility index (Phi) is 2.78. The van der Waals surface area contributed by atoms with Gasteiger partial charge >= 0.3 is 0 Å². The van der Waals surface area contributed by atoms with Gasteiger partial charge in [0.1, 0.15) is 5.75 Å². The van der Waals surface area contributed by atoms with Gasteiger partial charge in [-0.3, -0.25) is 4.98 Å². The highest BCUT2D eigenvalue weighted by Gasteiger charge is 2.07. The van der Waals surface area contributed by atoms with Gasteiger partial charge in [-0.05, 0) is 34.7 Å². The van der Waals surface area contributed by atoms with E-state index in [1.54, 1.807) is 19.5 Å². The minimum atomic E-state index is 0.729. The van der Waals surface area contributed by atoms with Crippen LogP contribution in [0.1, 0.15) is 0 Å². The third kappa shape index (κ3) is 1.54. The second-order valence-electron chi connectivity index (χ2n) is 2.79. The van der Waals surface area contributed by atoms with Gasteiger partial charge in [0.05, 0.1) is 7.11 Å². The number of fused-ring (bicyclic) bond motifs is 1. The van der Waals surface area contributed by atoms with Gasteiger partial charge in [-0.1, -0.05) is 11.6 Å². The van der Waals surface area contributed by atoms with Gasteiger partial charge in [-0.15, -0.1) is 0 Å². The minimum Gasteiger partial charge on any atom is -0.496 e. The van der Waals surface area contributed by atoms with Gasteiger partial charge in [0.25, 0.3) is 0 Å². The molecule has 72 valence electrons. The molecule has 1 heterocycles. The Bertz CT molecular complexity index is 479. The van der Waals surface area contributed by atoms with Crippen molar-refractivity contribution in [3.63, 3.8) is 0 Å². The topological polar surface area (TPSA) is 22.1 Å². The maximum Gasteiger partial charge on any atom is 0.128 e. The number of hydrogen-bond donors (Lipinski definition) is 0. The average molecular weight is 320 g/mol. The van der Waals surface area contributed by atoms with Crippen molar-refractivity contribution >= 4 is 45.0 Å². The van der Waals surface area contributed by atoms with Crippen molar-refractivity contribution in [2.24, 2.45) is 0 Å². The van der Waals surface area contributed by atoms with Gasteiger partial charge in [-0.25, -0.2) is 0 Å². The van der Waals surface area contributed by atoms with Crippen LogP contribution in [-0.4, -0.2) is 12.1 Å². The first-order chi connectivity index (χ1) is 6.74. The van der Waals surface area contributed by atoms with Crippen molar-refractivity contribution in [1.82, 2.24) is 4.98 Å². The van der Waals surface area contributed by atoms with Crippen LogP contribution in [0, 0.1) is 3.57 Å². The molecule has 1 aromatic carbocycles. The lowest BCUT2D eigenvalue weighted by Crippen LogP contribution is -1.88. The van der Waals surface area contributed by atoms with Gasteiger partial charge < -0.3 is 4.74 Å². The predicted octanol–water partition coefficient (Wildman–Crippen LogP) is 3.50. The van der Waals surface area contributed by atoms with Crippen molar-refractivity contribution in [2.75, 3.05) is 7.11 Å². The Hall–Kier alpha value is -0.550. The summed E-state index contributed by atoms with van der Waals surface area (Å²) in [7, 11) is 1.64. The van der Waals surface area contributed by atoms with Crippen LogP contribution in [0.2, 0.25) is 5.02 Å². The standard InChI is InChI=1S/C10H7ClINO/c1-14-9-3-2-7(11)10-6(9)4-13-5-8(10)12/h2-5H,1H3. The van der Waals surface area contributed by atoms with Gasteiger partial charge in [-0.2, -0.15) is 0 Å². The van der Waals surface area contributed by atoms with E-state index >= 15 is 0 Å². The highest BCUT2D eigenvalue weighted by molar-refractivity contribution is 14.1. The molecule has 0 saturated carbocycles. The lowest BCUT2D eigenvalue weighted by atomic mass is 10.1. The summed E-state index contributed by atoms with van der Waals surface area (Å²) in [6.45, 7) is 0. The molecule has 0 spiro atoms. The number of ether oxygens (including phenoxy) is 1. The Labute approximate surface area is 100 Å². The second kappa shape index (κ2) is 3.90. The molecule has 4 heteroatoms. The Morgan fingerprint density at radius 1 is 1.36 bits per heavy atom. The first kappa shape index (κ1) is 9.98. The molecule has 0 radical (unpaired) electrons. The minimum absolute atomic E-state index is 0.729. The molecular weight excluding hydrogens is 312 g/mol. The van der Waals surface area contributed by atoms with Crippen LogP contribution in [0.4, 0.5) is 0 Å². The van der Waals surface area contributed by atoms with Gasteiger partial charge in [0.15, 0.2) is 0 Å². The molecule has 1 aromatic heterocycles. The molecule has 0 amide bonds. The first-order valence-corrected chi connectivity index (χ1v) is 5.45. The zero-order valence-corrected chi connectivity index (χ0v) is 10.3. The first-order valence-electron chi connectivity index (χ1n) is 3.99. The van der Waals surface area contributed by atoms with E-state index in [2.05, 4.69) is 27.6 Å². The number of hydrogen-bond acceptors (Lipinski definition) is 2. The third-order valence-corrected chi connectivity index (χ3v) is 3.14. The fourth-order valence-corrected chi connectivity index (χ4v) is 2.53. The summed E-state index contributed by atoms with van der Waals surface area (Å²) in [6, 6.07) is 3.69. The number of halogens is 2. The van der Waals surface area contributed by atoms with E-state index in [0.29, 0.717) is 0 Å². The number of benzene rings is 1. The summed E-state index contributed by atoms with van der Waals surface area (Å²) in [5, 5.41) is 2.68. The maximum atomic E-state index is 6.10. The largest absolute Gasteiger partial charge is 0.496 e. The highest BCUT2D eigenvalue weighted by atomic mass is 127. The molecule has 0 bridgehead atoms. The molecule has 0 aliphatic carbocycles. The Balaban J connectivity index is 2.91. The molecule has 0 saturated heterocycles. The third-order valence-electron chi connectivity index (χ3n) is 2.00. The van der Waals surface area contributed by atoms with Crippen LogP contribution in [-0.2, 0) is 0 Å². The van der Waals surface area contributed by atoms with Crippen LogP contribution < -0.4 is 4.74 Å². The van der Waals surface area contributed by atoms with E-state index < -0.39 is 0 Å². The van der Waals surface area contributed by atoms with E-state index in [1.807, 2.05) is 12.1 Å². The lowest BCUT2D eigenvalue weighted by molar-refractivity contribution is 0.419. The van der Waals surface area contributed by atoms with E-state index in [1.165, 1.54) is 0 Å². The molecule has 2 nitrogen and oxygen atoms in total. The summed E-state index contributed by atoms with van der Waals surface area (Å²) in [5.74, 6) is 0.801. The average Bonchev–Trinajstić information content (AvgIpc) is 2.18. The summed E-state index contributed by atoms with van der Waals surface area (Å²) >= 11 is 8.32. The summed E-state index contributed by atoms with van der Waals surface area (Å²) in [6.07, 6.45) is 3.55. The molecule has 0 N–H and O–H groups in total. The smallest absolute Gasteiger partial charge is 0.128 e. The van der Waals surface area contributed by atoms with Crippen LogP contribution in [0.25, 0.3) is 10.8 Å². The maximum absolute atomic E-state index is 6.10. The number of methoxy groups -OCH3 is 1. The van der Waals surface area contributed by atoms with E-state index in [9.17, 15) is 0 Å². The Morgan fingerprint density at radius 2 is 2.14 bits per heavy atom. The quantitative estimate of drug-likeness (QED) is 0.751. The van der Waals surface area contributed by atoms with E-state index in [-0.39, 0.29) is 0 Å². The molecule has 0 unspecified atom stereocenters. The van der Waals surface area contributed by atoms with Crippen molar-refractivity contribution in [1.29, 1.82) is 0 Å². The SMILES string of the molecule is COc1ccc(Cl)c2c(I)cncc12. The second-order valence-corrected chi connectivity index (χ2v) is 4.36. The zero-order chi connectivity index (χ0) is 10.1. The zero-order valence-electron chi connectivity index (χ0n) is 7.42. The molecule has 0 aliphatic rings. The predicted molar refractivity (Wildman–Crippen MR) is 66.0 cm³/mol. The lowest BCUT2D eigenvalue weighted by Gasteiger charge is -2.07. The van der Waals surface area contributed by atoms with Crippen LogP contribution >= 0.6 is 34.2 Å². The number of aromatic nitrogens is 1. The van der Waals surface area contributed by atoms with Crippen molar-refractivity contribution in [2.45, 2.75) is 0 Å². The summed E-state index contributed by atoms with van der Waals surface area (Å²) in [4.78, 5) is 4.12. The van der Waals surface area contributed by atoms with Crippen LogP contribution in [0.3, 0.4) is 0 Å². The van der Waals surface area contributed by atoms with Crippen molar-refractivity contribution in [3.05, 3.63) is 33.1 Å². The number of pyridine rings is 1. The molecule has 14 heavy (non-hydrogen) atoms. The molecule has 0 atom stereocenters. The number of rotatable bonds is 1. The molecular formula is C10H7ClINO. The number of nitrogens with zero attached hydrogens (tertiary/aromatic N) is 1. The summed E-state index contributed by atoms with van der Waals surface area (Å²) in [5.41, 5.74) is 0. The van der Waals surface area contributed by atoms with Gasteiger partial charge in [0.2, 0.25) is 0 Å². The summed E-state index contributed by atoms with van der Waals surface area (Å²) < 4.78 is 6.27. The van der Waals surface area contributed by atoms with Crippen LogP contribution in [0.5, 0.6) is 5.75 Å². The van der Waals surface area contributed by atoms with Gasteiger partial charge in [0, 0.05) is 31.8 Å². The molecule has 0 fully saturated rings. The fraction of sp³-hybridized carbons (Fsp3) is 0.100. The molecule has 0 aliphatic heterocycles. The normalized spacial score (nSPS) is 10.5. The monoisotopic (exact) mass is 319 g/mol. The van der Waals surface area contributed by atoms with Crippen LogP contribution in [0.15, 0.2) is 24.5 Å². The van der Waals surface area contributed by atoms with Crippen molar-refractivity contribution in [3.8, 4) is 5.75 Å². The Morgan fingerprint density at radius 3 is 2.86 bits per heavy atom. The fourth-order valence-electron chi connectivity index (χ4n) is 1.36. The van der Waals surface area contributed by atoms with Crippen molar-refractivity contribution < 1.29 is 4.74 Å². The van der Waals surface area contributed by atoms with E-state index in [4.69, 9.17) is 16.3 Å².